The number of rotatable bonds is 9. The van der Waals surface area contributed by atoms with Gasteiger partial charge in [-0.05, 0) is 42.7 Å². The Balaban J connectivity index is 4.00. The minimum absolute atomic E-state index is 0.308. The molecular formula is C15H36O2Si2. The Morgan fingerprint density at radius 3 is 1.58 bits per heavy atom. The Morgan fingerprint density at radius 2 is 1.21 bits per heavy atom. The lowest BCUT2D eigenvalue weighted by Gasteiger charge is -2.36. The van der Waals surface area contributed by atoms with Crippen molar-refractivity contribution < 1.29 is 8.85 Å². The van der Waals surface area contributed by atoms with Gasteiger partial charge in [0.05, 0.1) is 0 Å². The molecule has 0 spiro atoms. The van der Waals surface area contributed by atoms with E-state index in [1.54, 1.807) is 0 Å². The zero-order valence-electron chi connectivity index (χ0n) is 14.6. The maximum absolute atomic E-state index is 6.25. The van der Waals surface area contributed by atoms with Crippen LogP contribution in [-0.2, 0) is 8.85 Å². The summed E-state index contributed by atoms with van der Waals surface area (Å²) in [6.45, 7) is 20.1. The monoisotopic (exact) mass is 304 g/mol. The molecule has 2 nitrogen and oxygen atoms in total. The normalized spacial score (nSPS) is 13.9. The van der Waals surface area contributed by atoms with Crippen LogP contribution in [0.4, 0.5) is 0 Å². The predicted octanol–water partition coefficient (Wildman–Crippen LogP) is 5.42. The SMILES string of the molecule is CC[Si](CC)(CC)OCCCO[Si](C)(C)C(C)(C)C. The summed E-state index contributed by atoms with van der Waals surface area (Å²) in [6.07, 6.45) is 1.04. The molecule has 116 valence electrons. The average Bonchev–Trinajstić information content (AvgIpc) is 2.33. The lowest BCUT2D eigenvalue weighted by Crippen LogP contribution is -2.41. The molecule has 0 aromatic carbocycles. The molecule has 0 heterocycles. The number of hydrogen-bond acceptors (Lipinski definition) is 2. The van der Waals surface area contributed by atoms with Gasteiger partial charge in [0.15, 0.2) is 16.6 Å². The standard InChI is InChI=1S/C15H36O2Si2/c1-9-19(10-2,11-3)17-14-12-13-16-18(7,8)15(4,5)6/h9-14H2,1-8H3. The third-order valence-electron chi connectivity index (χ3n) is 4.90. The van der Waals surface area contributed by atoms with Gasteiger partial charge in [0.2, 0.25) is 0 Å². The van der Waals surface area contributed by atoms with Crippen LogP contribution in [0.25, 0.3) is 0 Å². The van der Waals surface area contributed by atoms with Crippen molar-refractivity contribution in [2.45, 2.75) is 84.2 Å². The summed E-state index contributed by atoms with van der Waals surface area (Å²) in [4.78, 5) is 0. The Kier molecular flexibility index (Phi) is 8.11. The van der Waals surface area contributed by atoms with E-state index < -0.39 is 16.6 Å². The second-order valence-corrected chi connectivity index (χ2v) is 16.6. The van der Waals surface area contributed by atoms with Gasteiger partial charge in [0.25, 0.3) is 0 Å². The molecule has 4 heteroatoms. The van der Waals surface area contributed by atoms with E-state index in [-0.39, 0.29) is 0 Å². The smallest absolute Gasteiger partial charge is 0.191 e. The molecule has 0 aromatic rings. The second kappa shape index (κ2) is 7.96. The lowest BCUT2D eigenvalue weighted by atomic mass is 10.2. The lowest BCUT2D eigenvalue weighted by molar-refractivity contribution is 0.226. The third kappa shape index (κ3) is 6.11. The topological polar surface area (TPSA) is 18.5 Å². The first-order valence-electron chi connectivity index (χ1n) is 7.92. The third-order valence-corrected chi connectivity index (χ3v) is 14.1. The average molecular weight is 305 g/mol. The summed E-state index contributed by atoms with van der Waals surface area (Å²) in [7, 11) is -2.96. The molecule has 0 aliphatic carbocycles. The van der Waals surface area contributed by atoms with E-state index in [4.69, 9.17) is 8.85 Å². The number of hydrogen-bond donors (Lipinski definition) is 0. The fourth-order valence-electron chi connectivity index (χ4n) is 1.95. The first-order chi connectivity index (χ1) is 8.64. The minimum atomic E-state index is -1.57. The van der Waals surface area contributed by atoms with Gasteiger partial charge in [-0.1, -0.05) is 41.5 Å². The van der Waals surface area contributed by atoms with E-state index in [2.05, 4.69) is 54.6 Å². The first-order valence-corrected chi connectivity index (χ1v) is 13.4. The highest BCUT2D eigenvalue weighted by Crippen LogP contribution is 2.36. The fourth-order valence-corrected chi connectivity index (χ4v) is 5.73. The summed E-state index contributed by atoms with van der Waals surface area (Å²) in [5.41, 5.74) is 0. The Hall–Kier alpha value is 0.354. The first kappa shape index (κ1) is 19.4. The van der Waals surface area contributed by atoms with Crippen molar-refractivity contribution in [1.29, 1.82) is 0 Å². The molecule has 0 N–H and O–H groups in total. The van der Waals surface area contributed by atoms with Crippen molar-refractivity contribution in [3.05, 3.63) is 0 Å². The maximum atomic E-state index is 6.25. The van der Waals surface area contributed by atoms with Gasteiger partial charge in [0, 0.05) is 13.2 Å². The molecule has 0 atom stereocenters. The Bertz CT molecular complexity index is 231. The van der Waals surface area contributed by atoms with Crippen LogP contribution < -0.4 is 0 Å². The molecule has 19 heavy (non-hydrogen) atoms. The highest BCUT2D eigenvalue weighted by molar-refractivity contribution is 6.74. The molecule has 0 bridgehead atoms. The van der Waals surface area contributed by atoms with Gasteiger partial charge >= 0.3 is 0 Å². The van der Waals surface area contributed by atoms with Gasteiger partial charge in [-0.15, -0.1) is 0 Å². The highest BCUT2D eigenvalue weighted by Gasteiger charge is 2.36. The molecule has 0 unspecified atom stereocenters. The largest absolute Gasteiger partial charge is 0.417 e. The molecule has 0 aromatic heterocycles. The maximum Gasteiger partial charge on any atom is 0.191 e. The van der Waals surface area contributed by atoms with Crippen LogP contribution in [0.3, 0.4) is 0 Å². The fraction of sp³-hybridized carbons (Fsp3) is 1.00. The summed E-state index contributed by atoms with van der Waals surface area (Å²) in [5.74, 6) is 0. The van der Waals surface area contributed by atoms with Crippen molar-refractivity contribution in [2.24, 2.45) is 0 Å². The van der Waals surface area contributed by atoms with Crippen LogP contribution in [0.2, 0.25) is 36.3 Å². The quantitative estimate of drug-likeness (QED) is 0.418. The van der Waals surface area contributed by atoms with E-state index in [0.717, 1.165) is 19.6 Å². The van der Waals surface area contributed by atoms with E-state index in [0.29, 0.717) is 5.04 Å². The summed E-state index contributed by atoms with van der Waals surface area (Å²) >= 11 is 0. The van der Waals surface area contributed by atoms with Crippen LogP contribution in [0.5, 0.6) is 0 Å². The molecule has 0 radical (unpaired) electrons. The predicted molar refractivity (Wildman–Crippen MR) is 90.9 cm³/mol. The van der Waals surface area contributed by atoms with E-state index >= 15 is 0 Å². The van der Waals surface area contributed by atoms with Crippen LogP contribution in [0.15, 0.2) is 0 Å². The van der Waals surface area contributed by atoms with Gasteiger partial charge < -0.3 is 8.85 Å². The van der Waals surface area contributed by atoms with Crippen molar-refractivity contribution >= 4 is 16.6 Å². The summed E-state index contributed by atoms with van der Waals surface area (Å²) < 4.78 is 12.4. The van der Waals surface area contributed by atoms with Crippen molar-refractivity contribution in [3.63, 3.8) is 0 Å². The van der Waals surface area contributed by atoms with Crippen molar-refractivity contribution in [1.82, 2.24) is 0 Å². The second-order valence-electron chi connectivity index (χ2n) is 7.05. The van der Waals surface area contributed by atoms with Crippen LogP contribution in [0, 0.1) is 0 Å². The molecule has 0 saturated heterocycles. The van der Waals surface area contributed by atoms with E-state index in [1.165, 1.54) is 18.1 Å². The van der Waals surface area contributed by atoms with Crippen LogP contribution >= 0.6 is 0 Å². The molecule has 0 aliphatic heterocycles. The Morgan fingerprint density at radius 1 is 0.789 bits per heavy atom. The van der Waals surface area contributed by atoms with Gasteiger partial charge in [-0.3, -0.25) is 0 Å². The van der Waals surface area contributed by atoms with Crippen LogP contribution in [-0.4, -0.2) is 29.8 Å². The molecule has 0 rings (SSSR count). The van der Waals surface area contributed by atoms with Gasteiger partial charge in [-0.25, -0.2) is 0 Å². The summed E-state index contributed by atoms with van der Waals surface area (Å²) in [5, 5.41) is 0.308. The molecule has 0 saturated carbocycles. The van der Waals surface area contributed by atoms with Gasteiger partial charge in [0.1, 0.15) is 0 Å². The van der Waals surface area contributed by atoms with E-state index in [1.807, 2.05) is 0 Å². The summed E-state index contributed by atoms with van der Waals surface area (Å²) in [6, 6.07) is 3.72. The molecule has 0 amide bonds. The molecule has 0 aliphatic rings. The Labute approximate surface area is 123 Å². The van der Waals surface area contributed by atoms with Gasteiger partial charge in [-0.2, -0.15) is 0 Å². The molecule has 0 fully saturated rings. The zero-order valence-corrected chi connectivity index (χ0v) is 16.6. The highest BCUT2D eigenvalue weighted by atomic mass is 28.4. The van der Waals surface area contributed by atoms with Crippen molar-refractivity contribution in [2.75, 3.05) is 13.2 Å². The van der Waals surface area contributed by atoms with E-state index in [9.17, 15) is 0 Å². The minimum Gasteiger partial charge on any atom is -0.417 e. The zero-order chi connectivity index (χ0) is 15.2. The van der Waals surface area contributed by atoms with Crippen molar-refractivity contribution in [3.8, 4) is 0 Å². The molecular weight excluding hydrogens is 268 g/mol. The van der Waals surface area contributed by atoms with Crippen LogP contribution in [0.1, 0.15) is 48.0 Å².